The lowest BCUT2D eigenvalue weighted by atomic mass is 10.1. The van der Waals surface area contributed by atoms with Crippen LogP contribution in [-0.4, -0.2) is 73.7 Å². The lowest BCUT2D eigenvalue weighted by Crippen LogP contribution is -2.44. The summed E-state index contributed by atoms with van der Waals surface area (Å²) in [6, 6.07) is 7.25. The first-order valence-corrected chi connectivity index (χ1v) is 12.5. The standard InChI is InChI=1S/C22H33N3O3S/c1-2-4-18-7-9-20(10-8-18)29(27,28)25-13-3-12-23(15-16-25)21-11-14-24(22(21)26)17-19-5-6-19/h7-10,19,21H,2-6,11-17H2,1H3/t21-/m1/s1. The number of carbonyl (C=O) groups is 1. The van der Waals surface area contributed by atoms with Gasteiger partial charge in [0.15, 0.2) is 0 Å². The van der Waals surface area contributed by atoms with Crippen LogP contribution in [0.15, 0.2) is 29.2 Å². The van der Waals surface area contributed by atoms with Crippen LogP contribution in [0.5, 0.6) is 0 Å². The van der Waals surface area contributed by atoms with Crippen LogP contribution in [0.3, 0.4) is 0 Å². The molecular formula is C22H33N3O3S. The molecular weight excluding hydrogens is 386 g/mol. The highest BCUT2D eigenvalue weighted by atomic mass is 32.2. The highest BCUT2D eigenvalue weighted by Crippen LogP contribution is 2.32. The molecule has 6 nitrogen and oxygen atoms in total. The SMILES string of the molecule is CCCc1ccc(S(=O)(=O)N2CCCN([C@@H]3CCN(CC4CC4)C3=O)CC2)cc1. The molecule has 0 spiro atoms. The number of likely N-dealkylation sites (tertiary alicyclic amines) is 1. The highest BCUT2D eigenvalue weighted by molar-refractivity contribution is 7.89. The largest absolute Gasteiger partial charge is 0.341 e. The molecule has 160 valence electrons. The third-order valence-electron chi connectivity index (χ3n) is 6.47. The van der Waals surface area contributed by atoms with Gasteiger partial charge in [-0.1, -0.05) is 25.5 Å². The zero-order chi connectivity index (χ0) is 20.4. The van der Waals surface area contributed by atoms with E-state index in [1.807, 2.05) is 17.0 Å². The first-order valence-electron chi connectivity index (χ1n) is 11.1. The Kier molecular flexibility index (Phi) is 6.27. The van der Waals surface area contributed by atoms with Crippen molar-refractivity contribution in [1.82, 2.24) is 14.1 Å². The van der Waals surface area contributed by atoms with Crippen molar-refractivity contribution < 1.29 is 13.2 Å². The number of rotatable bonds is 7. The van der Waals surface area contributed by atoms with Gasteiger partial charge in [0.1, 0.15) is 0 Å². The summed E-state index contributed by atoms with van der Waals surface area (Å²) in [4.78, 5) is 17.4. The lowest BCUT2D eigenvalue weighted by Gasteiger charge is -2.26. The van der Waals surface area contributed by atoms with Crippen molar-refractivity contribution in [3.8, 4) is 0 Å². The van der Waals surface area contributed by atoms with Crippen LogP contribution in [0.1, 0.15) is 44.6 Å². The summed E-state index contributed by atoms with van der Waals surface area (Å²) in [6.07, 6.45) is 6.16. The third-order valence-corrected chi connectivity index (χ3v) is 8.39. The maximum Gasteiger partial charge on any atom is 0.243 e. The van der Waals surface area contributed by atoms with Gasteiger partial charge in [-0.25, -0.2) is 8.42 Å². The van der Waals surface area contributed by atoms with Gasteiger partial charge in [-0.05, 0) is 55.7 Å². The first kappa shape index (κ1) is 20.8. The smallest absolute Gasteiger partial charge is 0.243 e. The van der Waals surface area contributed by atoms with E-state index in [9.17, 15) is 13.2 Å². The molecule has 0 N–H and O–H groups in total. The van der Waals surface area contributed by atoms with E-state index in [-0.39, 0.29) is 11.9 Å². The van der Waals surface area contributed by atoms with Gasteiger partial charge in [0.2, 0.25) is 15.9 Å². The molecule has 1 atom stereocenters. The summed E-state index contributed by atoms with van der Waals surface area (Å²) in [6.45, 7) is 6.26. The zero-order valence-corrected chi connectivity index (χ0v) is 18.2. The molecule has 0 radical (unpaired) electrons. The third kappa shape index (κ3) is 4.67. The van der Waals surface area contributed by atoms with E-state index in [1.54, 1.807) is 16.4 Å². The van der Waals surface area contributed by atoms with E-state index < -0.39 is 10.0 Å². The van der Waals surface area contributed by atoms with Crippen molar-refractivity contribution in [3.05, 3.63) is 29.8 Å². The van der Waals surface area contributed by atoms with Crippen LogP contribution in [-0.2, 0) is 21.2 Å². The van der Waals surface area contributed by atoms with Crippen LogP contribution in [0.2, 0.25) is 0 Å². The molecule has 0 bridgehead atoms. The Hall–Kier alpha value is -1.44. The molecule has 2 saturated heterocycles. The number of sulfonamides is 1. The Labute approximate surface area is 174 Å². The van der Waals surface area contributed by atoms with Gasteiger partial charge in [-0.3, -0.25) is 9.69 Å². The van der Waals surface area contributed by atoms with Crippen LogP contribution in [0.25, 0.3) is 0 Å². The Balaban J connectivity index is 1.38. The minimum absolute atomic E-state index is 0.0651. The number of hydrogen-bond donors (Lipinski definition) is 0. The quantitative estimate of drug-likeness (QED) is 0.681. The van der Waals surface area contributed by atoms with E-state index in [4.69, 9.17) is 0 Å². The molecule has 1 aliphatic carbocycles. The number of carbonyl (C=O) groups excluding carboxylic acids is 1. The van der Waals surface area contributed by atoms with Gasteiger partial charge in [-0.15, -0.1) is 0 Å². The molecule has 1 amide bonds. The fourth-order valence-corrected chi connectivity index (χ4v) is 6.06. The molecule has 7 heteroatoms. The van der Waals surface area contributed by atoms with Gasteiger partial charge in [0, 0.05) is 39.3 Å². The Morgan fingerprint density at radius 2 is 1.72 bits per heavy atom. The minimum atomic E-state index is -3.48. The van der Waals surface area contributed by atoms with Crippen molar-refractivity contribution in [2.24, 2.45) is 5.92 Å². The van der Waals surface area contributed by atoms with Crippen molar-refractivity contribution in [3.63, 3.8) is 0 Å². The van der Waals surface area contributed by atoms with Gasteiger partial charge in [0.25, 0.3) is 0 Å². The van der Waals surface area contributed by atoms with Crippen LogP contribution < -0.4 is 0 Å². The van der Waals surface area contributed by atoms with Crippen molar-refractivity contribution >= 4 is 15.9 Å². The van der Waals surface area contributed by atoms with Crippen molar-refractivity contribution in [2.75, 3.05) is 39.3 Å². The molecule has 2 aliphatic heterocycles. The highest BCUT2D eigenvalue weighted by Gasteiger charge is 2.39. The predicted molar refractivity (Wildman–Crippen MR) is 113 cm³/mol. The fraction of sp³-hybridized carbons (Fsp3) is 0.682. The summed E-state index contributed by atoms with van der Waals surface area (Å²) in [5.74, 6) is 0.964. The summed E-state index contributed by atoms with van der Waals surface area (Å²) in [5.41, 5.74) is 1.17. The second-order valence-electron chi connectivity index (χ2n) is 8.72. The van der Waals surface area contributed by atoms with Crippen molar-refractivity contribution in [2.45, 2.75) is 56.4 Å². The van der Waals surface area contributed by atoms with Gasteiger partial charge in [0.05, 0.1) is 10.9 Å². The predicted octanol–water partition coefficient (Wildman–Crippen LogP) is 2.35. The molecule has 3 aliphatic rings. The second-order valence-corrected chi connectivity index (χ2v) is 10.7. The van der Waals surface area contributed by atoms with E-state index in [0.717, 1.165) is 45.3 Å². The fourth-order valence-electron chi connectivity index (χ4n) is 4.59. The van der Waals surface area contributed by atoms with Crippen LogP contribution >= 0.6 is 0 Å². The van der Waals surface area contributed by atoms with Crippen LogP contribution in [0.4, 0.5) is 0 Å². The number of benzene rings is 1. The first-order chi connectivity index (χ1) is 14.0. The lowest BCUT2D eigenvalue weighted by molar-refractivity contribution is -0.132. The van der Waals surface area contributed by atoms with Gasteiger partial charge < -0.3 is 4.90 Å². The van der Waals surface area contributed by atoms with E-state index in [1.165, 1.54) is 18.4 Å². The summed E-state index contributed by atoms with van der Waals surface area (Å²) < 4.78 is 27.8. The second kappa shape index (κ2) is 8.74. The monoisotopic (exact) mass is 419 g/mol. The minimum Gasteiger partial charge on any atom is -0.341 e. The molecule has 4 rings (SSSR count). The molecule has 2 heterocycles. The molecule has 1 aromatic rings. The Bertz CT molecular complexity index is 820. The molecule has 1 saturated carbocycles. The summed E-state index contributed by atoms with van der Waals surface area (Å²) >= 11 is 0. The molecule has 0 unspecified atom stereocenters. The van der Waals surface area contributed by atoms with E-state index in [0.29, 0.717) is 30.4 Å². The molecule has 1 aromatic carbocycles. The maximum atomic E-state index is 13.1. The van der Waals surface area contributed by atoms with E-state index in [2.05, 4.69) is 11.8 Å². The van der Waals surface area contributed by atoms with Gasteiger partial charge >= 0.3 is 0 Å². The normalized spacial score (nSPS) is 24.8. The molecule has 29 heavy (non-hydrogen) atoms. The average molecular weight is 420 g/mol. The summed E-state index contributed by atoms with van der Waals surface area (Å²) in [5, 5.41) is 0. The number of aryl methyl sites for hydroxylation is 1. The number of nitrogens with zero attached hydrogens (tertiary/aromatic N) is 3. The maximum absolute atomic E-state index is 13.1. The van der Waals surface area contributed by atoms with E-state index >= 15 is 0 Å². The topological polar surface area (TPSA) is 60.9 Å². The molecule has 3 fully saturated rings. The zero-order valence-electron chi connectivity index (χ0n) is 17.4. The van der Waals surface area contributed by atoms with Crippen molar-refractivity contribution in [1.29, 1.82) is 0 Å². The molecule has 0 aromatic heterocycles. The van der Waals surface area contributed by atoms with Gasteiger partial charge in [-0.2, -0.15) is 4.31 Å². The number of amides is 1. The Morgan fingerprint density at radius 1 is 0.966 bits per heavy atom. The number of hydrogen-bond acceptors (Lipinski definition) is 4. The van der Waals surface area contributed by atoms with Crippen LogP contribution in [0, 0.1) is 5.92 Å². The summed E-state index contributed by atoms with van der Waals surface area (Å²) in [7, 11) is -3.48. The Morgan fingerprint density at radius 3 is 2.41 bits per heavy atom. The average Bonchev–Trinajstić information content (AvgIpc) is 3.49.